The first-order chi connectivity index (χ1) is 23.1. The molecule has 5 rings (SSSR count). The van der Waals surface area contributed by atoms with E-state index in [9.17, 15) is 14.7 Å². The molecule has 3 aromatic rings. The summed E-state index contributed by atoms with van der Waals surface area (Å²) in [5, 5.41) is 10.6. The van der Waals surface area contributed by atoms with Gasteiger partial charge in [-0.05, 0) is 95.4 Å². The lowest BCUT2D eigenvalue weighted by Gasteiger charge is -2.33. The lowest BCUT2D eigenvalue weighted by Crippen LogP contribution is -2.41. The van der Waals surface area contributed by atoms with Crippen molar-refractivity contribution < 1.29 is 33.6 Å². The lowest BCUT2D eigenvalue weighted by molar-refractivity contribution is -0.192. The van der Waals surface area contributed by atoms with Crippen LogP contribution in [0.5, 0.6) is 5.75 Å². The number of carboxylic acid groups (broad SMARTS) is 1. The van der Waals surface area contributed by atoms with Crippen molar-refractivity contribution in [1.82, 2.24) is 9.88 Å². The average molecular weight is 679 g/mol. The summed E-state index contributed by atoms with van der Waals surface area (Å²) in [6.45, 7) is 6.46. The number of rotatable bonds is 12. The van der Waals surface area contributed by atoms with E-state index in [0.29, 0.717) is 23.9 Å². The molecule has 0 spiro atoms. The number of nitrogens with zero attached hydrogens (tertiary/aromatic N) is 2. The van der Waals surface area contributed by atoms with Crippen molar-refractivity contribution in [1.29, 1.82) is 0 Å². The first-order valence-corrected chi connectivity index (χ1v) is 17.4. The number of carboxylic acids is 1. The highest BCUT2D eigenvalue weighted by molar-refractivity contribution is 6.29. The number of amides is 1. The Kier molecular flexibility index (Phi) is 12.4. The van der Waals surface area contributed by atoms with Crippen LogP contribution < -0.4 is 4.74 Å². The zero-order valence-corrected chi connectivity index (χ0v) is 28.9. The molecule has 1 N–H and O–H groups in total. The van der Waals surface area contributed by atoms with Crippen molar-refractivity contribution in [2.45, 2.75) is 103 Å². The van der Waals surface area contributed by atoms with Crippen LogP contribution in [0, 0.1) is 0 Å². The summed E-state index contributed by atoms with van der Waals surface area (Å²) in [6.07, 6.45) is 8.06. The third kappa shape index (κ3) is 9.94. The Morgan fingerprint density at radius 3 is 2.40 bits per heavy atom. The molecule has 48 heavy (non-hydrogen) atoms. The van der Waals surface area contributed by atoms with Crippen molar-refractivity contribution in [2.75, 3.05) is 19.7 Å². The Hall–Kier alpha value is -3.66. The first-order valence-electron chi connectivity index (χ1n) is 17.0. The Bertz CT molecular complexity index is 1500. The van der Waals surface area contributed by atoms with Crippen molar-refractivity contribution >= 4 is 23.7 Å². The third-order valence-corrected chi connectivity index (χ3v) is 8.88. The van der Waals surface area contributed by atoms with Gasteiger partial charge in [0.05, 0.1) is 12.6 Å². The SMILES string of the molecule is CC(C)(C)OC(=O)N(CCc1c(-c2ccccc2)ccc(C(=O)O)c1OC1CCCCC1)C[C@H](OC1CCCCO1)c1ccc(Cl)nc1. The molecule has 258 valence electrons. The quantitative estimate of drug-likeness (QED) is 0.189. The number of hydrogen-bond donors (Lipinski definition) is 1. The van der Waals surface area contributed by atoms with Crippen LogP contribution in [-0.2, 0) is 20.6 Å². The van der Waals surface area contributed by atoms with Crippen LogP contribution in [0.2, 0.25) is 5.15 Å². The number of pyridine rings is 1. The number of hydrogen-bond acceptors (Lipinski definition) is 7. The fraction of sp³-hybridized carbons (Fsp3) is 0.500. The maximum absolute atomic E-state index is 13.9. The molecular weight excluding hydrogens is 632 g/mol. The zero-order chi connectivity index (χ0) is 34.1. The second kappa shape index (κ2) is 16.6. The fourth-order valence-corrected chi connectivity index (χ4v) is 6.37. The summed E-state index contributed by atoms with van der Waals surface area (Å²) in [4.78, 5) is 32.4. The minimum Gasteiger partial charge on any atom is -0.489 e. The molecule has 0 bridgehead atoms. The van der Waals surface area contributed by atoms with E-state index >= 15 is 0 Å². The maximum atomic E-state index is 13.9. The summed E-state index contributed by atoms with van der Waals surface area (Å²) in [6, 6.07) is 16.9. The van der Waals surface area contributed by atoms with Crippen LogP contribution in [0.1, 0.15) is 99.7 Å². The van der Waals surface area contributed by atoms with Gasteiger partial charge in [0.25, 0.3) is 0 Å². The molecule has 1 amide bonds. The van der Waals surface area contributed by atoms with Gasteiger partial charge in [0.1, 0.15) is 28.2 Å². The summed E-state index contributed by atoms with van der Waals surface area (Å²) >= 11 is 6.12. The number of aromatic carboxylic acids is 1. The molecule has 9 nitrogen and oxygen atoms in total. The highest BCUT2D eigenvalue weighted by Crippen LogP contribution is 2.37. The van der Waals surface area contributed by atoms with E-state index in [4.69, 9.17) is 30.5 Å². The Labute approximate surface area is 288 Å². The molecule has 1 aliphatic heterocycles. The summed E-state index contributed by atoms with van der Waals surface area (Å²) in [5.41, 5.74) is 2.66. The molecule has 1 aromatic heterocycles. The summed E-state index contributed by atoms with van der Waals surface area (Å²) in [5.74, 6) is -0.688. The number of ether oxygens (including phenoxy) is 4. The fourth-order valence-electron chi connectivity index (χ4n) is 6.25. The number of halogens is 1. The van der Waals surface area contributed by atoms with Crippen molar-refractivity contribution in [3.63, 3.8) is 0 Å². The van der Waals surface area contributed by atoms with Crippen molar-refractivity contribution in [3.8, 4) is 16.9 Å². The predicted molar refractivity (Wildman–Crippen MR) is 185 cm³/mol. The highest BCUT2D eigenvalue weighted by atomic mass is 35.5. The highest BCUT2D eigenvalue weighted by Gasteiger charge is 2.30. The minimum atomic E-state index is -1.05. The average Bonchev–Trinajstić information content (AvgIpc) is 3.07. The van der Waals surface area contributed by atoms with Crippen LogP contribution in [0.4, 0.5) is 4.79 Å². The predicted octanol–water partition coefficient (Wildman–Crippen LogP) is 8.88. The normalized spacial score (nSPS) is 17.8. The molecular formula is C38H47ClN2O7. The standard InChI is InChI=1S/C38H47ClN2O7/c1-38(2,3)48-37(44)41(25-32(27-17-20-33(39)40-24-27)47-34-16-10-11-23-45-34)22-21-30-29(26-12-6-4-7-13-26)18-19-31(36(42)43)35(30)46-28-14-8-5-9-15-28/h4,6-7,12-13,17-20,24,28,32,34H,5,8-11,14-16,21-23,25H2,1-3H3,(H,42,43)/t32-,34?/m0/s1. The van der Waals surface area contributed by atoms with E-state index in [2.05, 4.69) is 4.98 Å². The molecule has 2 fully saturated rings. The van der Waals surface area contributed by atoms with Crippen molar-refractivity contribution in [2.24, 2.45) is 0 Å². The van der Waals surface area contributed by atoms with Gasteiger partial charge >= 0.3 is 12.1 Å². The van der Waals surface area contributed by atoms with E-state index in [-0.39, 0.29) is 24.8 Å². The topological polar surface area (TPSA) is 107 Å². The van der Waals surface area contributed by atoms with E-state index in [0.717, 1.165) is 73.6 Å². The van der Waals surface area contributed by atoms with Gasteiger partial charge in [-0.25, -0.2) is 14.6 Å². The van der Waals surface area contributed by atoms with E-state index in [1.807, 2.05) is 63.2 Å². The number of carbonyl (C=O) groups excluding carboxylic acids is 1. The molecule has 0 radical (unpaired) electrons. The summed E-state index contributed by atoms with van der Waals surface area (Å²) in [7, 11) is 0. The number of aromatic nitrogens is 1. The Morgan fingerprint density at radius 2 is 1.75 bits per heavy atom. The van der Waals surface area contributed by atoms with Crippen LogP contribution in [-0.4, -0.2) is 64.7 Å². The second-order valence-electron chi connectivity index (χ2n) is 13.5. The zero-order valence-electron chi connectivity index (χ0n) is 28.2. The lowest BCUT2D eigenvalue weighted by atomic mass is 9.93. The van der Waals surface area contributed by atoms with Crippen LogP contribution in [0.15, 0.2) is 60.8 Å². The second-order valence-corrected chi connectivity index (χ2v) is 13.9. The molecule has 1 saturated carbocycles. The monoisotopic (exact) mass is 678 g/mol. The maximum Gasteiger partial charge on any atom is 0.410 e. The summed E-state index contributed by atoms with van der Waals surface area (Å²) < 4.78 is 24.9. The van der Waals surface area contributed by atoms with E-state index < -0.39 is 30.1 Å². The largest absolute Gasteiger partial charge is 0.489 e. The third-order valence-electron chi connectivity index (χ3n) is 8.66. The minimum absolute atomic E-state index is 0.0748. The number of benzene rings is 2. The van der Waals surface area contributed by atoms with Gasteiger partial charge in [-0.2, -0.15) is 0 Å². The molecule has 2 aliphatic rings. The van der Waals surface area contributed by atoms with Gasteiger partial charge in [-0.1, -0.05) is 60.5 Å². The molecule has 2 atom stereocenters. The first kappa shape index (κ1) is 35.6. The molecule has 2 aromatic carbocycles. The van der Waals surface area contributed by atoms with Gasteiger partial charge in [0, 0.05) is 30.5 Å². The van der Waals surface area contributed by atoms with Gasteiger partial charge in [0.2, 0.25) is 0 Å². The Balaban J connectivity index is 1.52. The molecule has 2 heterocycles. The van der Waals surface area contributed by atoms with Gasteiger partial charge in [-0.15, -0.1) is 0 Å². The van der Waals surface area contributed by atoms with E-state index in [1.54, 1.807) is 23.2 Å². The smallest absolute Gasteiger partial charge is 0.410 e. The molecule has 1 unspecified atom stereocenters. The van der Waals surface area contributed by atoms with Crippen LogP contribution in [0.3, 0.4) is 0 Å². The van der Waals surface area contributed by atoms with Crippen molar-refractivity contribution in [3.05, 3.63) is 82.6 Å². The van der Waals surface area contributed by atoms with Gasteiger partial charge < -0.3 is 29.0 Å². The molecule has 10 heteroatoms. The molecule has 1 saturated heterocycles. The van der Waals surface area contributed by atoms with Crippen LogP contribution in [0.25, 0.3) is 11.1 Å². The molecule has 1 aliphatic carbocycles. The van der Waals surface area contributed by atoms with E-state index in [1.165, 1.54) is 0 Å². The van der Waals surface area contributed by atoms with Gasteiger partial charge in [-0.3, -0.25) is 0 Å². The van der Waals surface area contributed by atoms with Gasteiger partial charge in [0.15, 0.2) is 6.29 Å². The van der Waals surface area contributed by atoms with Crippen LogP contribution >= 0.6 is 11.6 Å². The Morgan fingerprint density at radius 1 is 1.00 bits per heavy atom. The number of carbonyl (C=O) groups is 2.